The van der Waals surface area contributed by atoms with Crippen molar-refractivity contribution in [2.24, 2.45) is 4.99 Å². The Bertz CT molecular complexity index is 664. The van der Waals surface area contributed by atoms with Crippen molar-refractivity contribution in [3.8, 4) is 5.75 Å². The van der Waals surface area contributed by atoms with E-state index in [-0.39, 0.29) is 24.0 Å². The number of halogens is 2. The lowest BCUT2D eigenvalue weighted by atomic mass is 10.2. The van der Waals surface area contributed by atoms with Crippen molar-refractivity contribution < 1.29 is 4.74 Å². The van der Waals surface area contributed by atoms with Gasteiger partial charge in [-0.2, -0.15) is 0 Å². The number of rotatable bonds is 7. The smallest absolute Gasteiger partial charge is 0.191 e. The van der Waals surface area contributed by atoms with E-state index >= 15 is 0 Å². The van der Waals surface area contributed by atoms with E-state index in [9.17, 15) is 0 Å². The Morgan fingerprint density at radius 3 is 2.68 bits per heavy atom. The molecule has 1 aromatic heterocycles. The van der Waals surface area contributed by atoms with Crippen molar-refractivity contribution in [2.75, 3.05) is 26.7 Å². The number of hydrogen-bond acceptors (Lipinski definition) is 3. The van der Waals surface area contributed by atoms with E-state index in [0.29, 0.717) is 18.3 Å². The van der Waals surface area contributed by atoms with Crippen LogP contribution < -0.4 is 15.4 Å². The third-order valence-electron chi connectivity index (χ3n) is 3.37. The zero-order valence-electron chi connectivity index (χ0n) is 14.5. The summed E-state index contributed by atoms with van der Waals surface area (Å²) < 4.78 is 5.70. The lowest BCUT2D eigenvalue weighted by molar-refractivity contribution is 0.321. The molecule has 0 aliphatic heterocycles. The van der Waals surface area contributed by atoms with Gasteiger partial charge in [-0.3, -0.25) is 4.99 Å². The summed E-state index contributed by atoms with van der Waals surface area (Å²) >= 11 is 5.77. The molecule has 2 N–H and O–H groups in total. The third kappa shape index (κ3) is 8.40. The minimum Gasteiger partial charge on any atom is -0.492 e. The van der Waals surface area contributed by atoms with Crippen molar-refractivity contribution >= 4 is 41.5 Å². The van der Waals surface area contributed by atoms with E-state index in [1.165, 1.54) is 5.56 Å². The highest BCUT2D eigenvalue weighted by molar-refractivity contribution is 14.0. The summed E-state index contributed by atoms with van der Waals surface area (Å²) in [4.78, 5) is 8.26. The van der Waals surface area contributed by atoms with E-state index in [1.54, 1.807) is 19.3 Å². The van der Waals surface area contributed by atoms with Crippen molar-refractivity contribution in [2.45, 2.75) is 13.3 Å². The zero-order valence-corrected chi connectivity index (χ0v) is 17.5. The number of aromatic nitrogens is 1. The highest BCUT2D eigenvalue weighted by Gasteiger charge is 1.99. The number of nitrogens with one attached hydrogen (secondary N) is 2. The second-order valence-corrected chi connectivity index (χ2v) is 5.72. The van der Waals surface area contributed by atoms with Crippen LogP contribution in [-0.4, -0.2) is 37.7 Å². The predicted molar refractivity (Wildman–Crippen MR) is 114 cm³/mol. The average molecular weight is 475 g/mol. The first kappa shape index (κ1) is 21.5. The maximum Gasteiger partial charge on any atom is 0.191 e. The van der Waals surface area contributed by atoms with Crippen LogP contribution in [0.2, 0.25) is 5.15 Å². The highest BCUT2D eigenvalue weighted by atomic mass is 127. The Hall–Kier alpha value is -1.54. The van der Waals surface area contributed by atoms with Crippen LogP contribution in [0.15, 0.2) is 47.6 Å². The molecule has 0 amide bonds. The summed E-state index contributed by atoms with van der Waals surface area (Å²) in [6.07, 6.45) is 2.64. The summed E-state index contributed by atoms with van der Waals surface area (Å²) in [5.74, 6) is 1.64. The first-order valence-corrected chi connectivity index (χ1v) is 8.29. The van der Waals surface area contributed by atoms with Gasteiger partial charge in [0.25, 0.3) is 0 Å². The molecule has 0 radical (unpaired) electrons. The van der Waals surface area contributed by atoms with Crippen LogP contribution in [0.3, 0.4) is 0 Å². The molecule has 0 unspecified atom stereocenters. The largest absolute Gasteiger partial charge is 0.492 e. The molecule has 0 saturated heterocycles. The molecular formula is C18H24ClIN4O. The first-order chi connectivity index (χ1) is 11.7. The number of benzene rings is 1. The van der Waals surface area contributed by atoms with Gasteiger partial charge >= 0.3 is 0 Å². The summed E-state index contributed by atoms with van der Waals surface area (Å²) in [7, 11) is 1.75. The van der Waals surface area contributed by atoms with Gasteiger partial charge < -0.3 is 15.4 Å². The van der Waals surface area contributed by atoms with Crippen LogP contribution in [-0.2, 0) is 6.42 Å². The molecule has 0 saturated carbocycles. The SMILES string of the molecule is CN=C(NCCOc1cccc(C)c1)NCCc1ccc(Cl)nc1.I. The van der Waals surface area contributed by atoms with Gasteiger partial charge in [0.1, 0.15) is 17.5 Å². The minimum absolute atomic E-state index is 0. The summed E-state index contributed by atoms with van der Waals surface area (Å²) in [6, 6.07) is 11.8. The Balaban J connectivity index is 0.00000312. The summed E-state index contributed by atoms with van der Waals surface area (Å²) in [6.45, 7) is 4.07. The van der Waals surface area contributed by atoms with E-state index in [0.717, 1.165) is 30.2 Å². The van der Waals surface area contributed by atoms with Crippen molar-refractivity contribution in [1.82, 2.24) is 15.6 Å². The molecule has 2 rings (SSSR count). The number of pyridine rings is 1. The Kier molecular flexibility index (Phi) is 10.3. The summed E-state index contributed by atoms with van der Waals surface area (Å²) in [5.41, 5.74) is 2.32. The van der Waals surface area contributed by atoms with Gasteiger partial charge in [-0.15, -0.1) is 24.0 Å². The standard InChI is InChI=1S/C18H23ClN4O.HI/c1-14-4-3-5-16(12-14)24-11-10-22-18(20-2)21-9-8-15-6-7-17(19)23-13-15;/h3-7,12-13H,8-11H2,1-2H3,(H2,20,21,22);1H. The molecule has 1 heterocycles. The fourth-order valence-electron chi connectivity index (χ4n) is 2.14. The van der Waals surface area contributed by atoms with Crippen LogP contribution in [0.4, 0.5) is 0 Å². The van der Waals surface area contributed by atoms with Gasteiger partial charge in [0.05, 0.1) is 6.54 Å². The van der Waals surface area contributed by atoms with Gasteiger partial charge in [0.2, 0.25) is 0 Å². The first-order valence-electron chi connectivity index (χ1n) is 7.92. The number of aryl methyl sites for hydroxylation is 1. The molecule has 136 valence electrons. The number of aliphatic imine (C=N–C) groups is 1. The van der Waals surface area contributed by atoms with Crippen molar-refractivity contribution in [1.29, 1.82) is 0 Å². The molecule has 0 spiro atoms. The van der Waals surface area contributed by atoms with Crippen LogP contribution in [0.25, 0.3) is 0 Å². The Morgan fingerprint density at radius 2 is 2.00 bits per heavy atom. The van der Waals surface area contributed by atoms with Gasteiger partial charge in [0.15, 0.2) is 5.96 Å². The monoisotopic (exact) mass is 474 g/mol. The second-order valence-electron chi connectivity index (χ2n) is 5.33. The van der Waals surface area contributed by atoms with Gasteiger partial charge in [-0.25, -0.2) is 4.98 Å². The van der Waals surface area contributed by atoms with Crippen molar-refractivity contribution in [3.63, 3.8) is 0 Å². The molecule has 0 aliphatic carbocycles. The fourth-order valence-corrected chi connectivity index (χ4v) is 2.26. The molecule has 1 aromatic carbocycles. The van der Waals surface area contributed by atoms with E-state index < -0.39 is 0 Å². The van der Waals surface area contributed by atoms with Crippen LogP contribution in [0.1, 0.15) is 11.1 Å². The molecule has 0 atom stereocenters. The van der Waals surface area contributed by atoms with E-state index in [1.807, 2.05) is 37.3 Å². The highest BCUT2D eigenvalue weighted by Crippen LogP contribution is 2.11. The molecule has 0 aliphatic rings. The lowest BCUT2D eigenvalue weighted by Crippen LogP contribution is -2.40. The van der Waals surface area contributed by atoms with Crippen LogP contribution in [0, 0.1) is 6.92 Å². The molecule has 0 fully saturated rings. The predicted octanol–water partition coefficient (Wildman–Crippen LogP) is 3.45. The maximum absolute atomic E-state index is 5.77. The lowest BCUT2D eigenvalue weighted by Gasteiger charge is -2.12. The molecule has 25 heavy (non-hydrogen) atoms. The van der Waals surface area contributed by atoms with Gasteiger partial charge in [-0.1, -0.05) is 29.8 Å². The quantitative estimate of drug-likeness (QED) is 0.212. The zero-order chi connectivity index (χ0) is 17.2. The molecule has 2 aromatic rings. The normalized spacial score (nSPS) is 10.8. The fraction of sp³-hybridized carbons (Fsp3) is 0.333. The topological polar surface area (TPSA) is 58.5 Å². The maximum atomic E-state index is 5.77. The number of nitrogens with zero attached hydrogens (tertiary/aromatic N) is 2. The van der Waals surface area contributed by atoms with Gasteiger partial charge in [-0.05, 0) is 42.7 Å². The van der Waals surface area contributed by atoms with Crippen molar-refractivity contribution in [3.05, 3.63) is 58.9 Å². The molecule has 7 heteroatoms. The minimum atomic E-state index is 0. The molecular weight excluding hydrogens is 451 g/mol. The van der Waals surface area contributed by atoms with E-state index in [4.69, 9.17) is 16.3 Å². The van der Waals surface area contributed by atoms with Gasteiger partial charge in [0, 0.05) is 19.8 Å². The number of ether oxygens (including phenoxy) is 1. The number of hydrogen-bond donors (Lipinski definition) is 2. The Labute approximate surface area is 171 Å². The Morgan fingerprint density at radius 1 is 1.20 bits per heavy atom. The molecule has 0 bridgehead atoms. The van der Waals surface area contributed by atoms with Crippen LogP contribution >= 0.6 is 35.6 Å². The molecule has 5 nitrogen and oxygen atoms in total. The number of guanidine groups is 1. The van der Waals surface area contributed by atoms with Crippen LogP contribution in [0.5, 0.6) is 5.75 Å². The average Bonchev–Trinajstić information content (AvgIpc) is 2.59. The summed E-state index contributed by atoms with van der Waals surface area (Å²) in [5, 5.41) is 7.00. The van der Waals surface area contributed by atoms with E-state index in [2.05, 4.69) is 20.6 Å². The third-order valence-corrected chi connectivity index (χ3v) is 3.59. The second kappa shape index (κ2) is 11.9.